The standard InChI is InChI=1S/C18H20ClNO2/c1-20-8-7-18-11-4-5-12(19)17(18)22-16-14(21-2)6-3-10(15(16)18)9-13(11)20/h3-6,11-13,17H,7-9H2,1-2H3. The van der Waals surface area contributed by atoms with Gasteiger partial charge in [-0.3, -0.25) is 0 Å². The number of likely N-dealkylation sites (tertiary alicyclic amines) is 1. The summed E-state index contributed by atoms with van der Waals surface area (Å²) in [5.74, 6) is 2.29. The second kappa shape index (κ2) is 4.21. The van der Waals surface area contributed by atoms with Crippen molar-refractivity contribution < 1.29 is 9.47 Å². The van der Waals surface area contributed by atoms with Gasteiger partial charge in [-0.05, 0) is 38.1 Å². The van der Waals surface area contributed by atoms with Gasteiger partial charge in [0.2, 0.25) is 0 Å². The molecule has 1 aromatic rings. The minimum atomic E-state index is -0.0663. The molecule has 5 unspecified atom stereocenters. The SMILES string of the molecule is COc1ccc2c3c1OC1C(Cl)C=CC4C(C2)N(C)CCC341. The molecule has 4 aliphatic rings. The van der Waals surface area contributed by atoms with Crippen molar-refractivity contribution in [2.75, 3.05) is 20.7 Å². The minimum Gasteiger partial charge on any atom is -0.493 e. The largest absolute Gasteiger partial charge is 0.493 e. The van der Waals surface area contributed by atoms with Crippen LogP contribution in [-0.4, -0.2) is 43.1 Å². The van der Waals surface area contributed by atoms with Crippen LogP contribution in [0, 0.1) is 5.92 Å². The lowest BCUT2D eigenvalue weighted by Gasteiger charge is -2.56. The van der Waals surface area contributed by atoms with E-state index in [1.807, 2.05) is 0 Å². The quantitative estimate of drug-likeness (QED) is 0.587. The maximum absolute atomic E-state index is 6.66. The van der Waals surface area contributed by atoms with Crippen LogP contribution in [-0.2, 0) is 11.8 Å². The van der Waals surface area contributed by atoms with Crippen LogP contribution in [0.1, 0.15) is 17.5 Å². The molecule has 22 heavy (non-hydrogen) atoms. The number of likely N-dealkylation sites (N-methyl/N-ethyl adjacent to an activating group) is 1. The predicted octanol–water partition coefficient (Wildman–Crippen LogP) is 2.75. The number of rotatable bonds is 1. The number of piperidine rings is 1. The van der Waals surface area contributed by atoms with E-state index in [0.717, 1.165) is 30.9 Å². The second-order valence-corrected chi connectivity index (χ2v) is 7.57. The zero-order chi connectivity index (χ0) is 15.1. The molecule has 1 spiro atoms. The van der Waals surface area contributed by atoms with Gasteiger partial charge in [-0.1, -0.05) is 18.2 Å². The molecular weight excluding hydrogens is 298 g/mol. The van der Waals surface area contributed by atoms with Crippen molar-refractivity contribution in [1.29, 1.82) is 0 Å². The number of methoxy groups -OCH3 is 1. The van der Waals surface area contributed by atoms with Crippen LogP contribution in [0.2, 0.25) is 0 Å². The number of benzene rings is 1. The van der Waals surface area contributed by atoms with Crippen molar-refractivity contribution >= 4 is 11.6 Å². The molecule has 2 aliphatic carbocycles. The maximum atomic E-state index is 6.66. The normalized spacial score (nSPS) is 41.0. The first-order valence-electron chi connectivity index (χ1n) is 8.06. The molecule has 0 aromatic heterocycles. The number of hydrogen-bond acceptors (Lipinski definition) is 3. The Bertz CT molecular complexity index is 688. The highest BCUT2D eigenvalue weighted by Crippen LogP contribution is 2.62. The van der Waals surface area contributed by atoms with E-state index in [0.29, 0.717) is 12.0 Å². The summed E-state index contributed by atoms with van der Waals surface area (Å²) in [5, 5.41) is -0.0663. The third-order valence-corrected chi connectivity index (χ3v) is 6.69. The van der Waals surface area contributed by atoms with E-state index in [-0.39, 0.29) is 16.9 Å². The third-order valence-electron chi connectivity index (χ3n) is 6.32. The van der Waals surface area contributed by atoms with Gasteiger partial charge in [0.05, 0.1) is 12.5 Å². The van der Waals surface area contributed by atoms with Crippen LogP contribution in [0.25, 0.3) is 0 Å². The Hall–Kier alpha value is -1.19. The molecule has 2 heterocycles. The maximum Gasteiger partial charge on any atom is 0.165 e. The van der Waals surface area contributed by atoms with Gasteiger partial charge in [0.1, 0.15) is 6.10 Å². The van der Waals surface area contributed by atoms with Crippen molar-refractivity contribution in [3.05, 3.63) is 35.4 Å². The van der Waals surface area contributed by atoms with Gasteiger partial charge in [0.15, 0.2) is 11.5 Å². The van der Waals surface area contributed by atoms with Crippen LogP contribution in [0.5, 0.6) is 11.5 Å². The zero-order valence-electron chi connectivity index (χ0n) is 12.9. The Kier molecular flexibility index (Phi) is 2.54. The zero-order valence-corrected chi connectivity index (χ0v) is 13.6. The van der Waals surface area contributed by atoms with E-state index in [2.05, 4.69) is 36.2 Å². The summed E-state index contributed by atoms with van der Waals surface area (Å²) in [6.07, 6.45) is 6.73. The highest BCUT2D eigenvalue weighted by atomic mass is 35.5. The number of halogens is 1. The van der Waals surface area contributed by atoms with Crippen LogP contribution in [0.4, 0.5) is 0 Å². The van der Waals surface area contributed by atoms with Crippen LogP contribution < -0.4 is 9.47 Å². The van der Waals surface area contributed by atoms with Gasteiger partial charge >= 0.3 is 0 Å². The Labute approximate surface area is 135 Å². The highest BCUT2D eigenvalue weighted by molar-refractivity contribution is 6.22. The second-order valence-electron chi connectivity index (χ2n) is 7.07. The fourth-order valence-corrected chi connectivity index (χ4v) is 5.72. The summed E-state index contributed by atoms with van der Waals surface area (Å²) >= 11 is 6.66. The molecule has 2 bridgehead atoms. The molecule has 5 rings (SSSR count). The van der Waals surface area contributed by atoms with Crippen LogP contribution in [0.3, 0.4) is 0 Å². The molecule has 4 heteroatoms. The molecule has 0 amide bonds. The first kappa shape index (κ1) is 13.3. The van der Waals surface area contributed by atoms with Crippen molar-refractivity contribution in [1.82, 2.24) is 4.90 Å². The highest BCUT2D eigenvalue weighted by Gasteiger charge is 2.64. The lowest BCUT2D eigenvalue weighted by atomic mass is 9.53. The summed E-state index contributed by atoms with van der Waals surface area (Å²) in [4.78, 5) is 2.51. The molecule has 5 atom stereocenters. The van der Waals surface area contributed by atoms with E-state index < -0.39 is 0 Å². The van der Waals surface area contributed by atoms with E-state index in [4.69, 9.17) is 21.1 Å². The summed E-state index contributed by atoms with van der Waals surface area (Å²) < 4.78 is 12.0. The van der Waals surface area contributed by atoms with E-state index in [1.165, 1.54) is 11.1 Å². The fourth-order valence-electron chi connectivity index (χ4n) is 5.36. The summed E-state index contributed by atoms with van der Waals surface area (Å²) in [6, 6.07) is 4.83. The van der Waals surface area contributed by atoms with Gasteiger partial charge in [0, 0.05) is 22.9 Å². The average molecular weight is 318 g/mol. The predicted molar refractivity (Wildman–Crippen MR) is 86.1 cm³/mol. The third kappa shape index (κ3) is 1.34. The number of nitrogens with zero attached hydrogens (tertiary/aromatic N) is 1. The summed E-state index contributed by atoms with van der Waals surface area (Å²) in [7, 11) is 3.97. The number of alkyl halides is 1. The number of ether oxygens (including phenoxy) is 2. The molecule has 1 fully saturated rings. The lowest BCUT2D eigenvalue weighted by molar-refractivity contribution is 0.00341. The van der Waals surface area contributed by atoms with E-state index in [1.54, 1.807) is 7.11 Å². The minimum absolute atomic E-state index is 0.0331. The molecular formula is C18H20ClNO2. The molecule has 0 radical (unpaired) electrons. The monoisotopic (exact) mass is 317 g/mol. The molecule has 0 N–H and O–H groups in total. The molecule has 1 saturated heterocycles. The van der Waals surface area contributed by atoms with E-state index in [9.17, 15) is 0 Å². The van der Waals surface area contributed by atoms with Crippen molar-refractivity contribution in [3.63, 3.8) is 0 Å². The van der Waals surface area contributed by atoms with Gasteiger partial charge in [-0.2, -0.15) is 0 Å². The van der Waals surface area contributed by atoms with Crippen LogP contribution >= 0.6 is 11.6 Å². The molecule has 0 saturated carbocycles. The van der Waals surface area contributed by atoms with Gasteiger partial charge < -0.3 is 14.4 Å². The van der Waals surface area contributed by atoms with Gasteiger partial charge in [0.25, 0.3) is 0 Å². The Morgan fingerprint density at radius 3 is 3.05 bits per heavy atom. The molecule has 1 aromatic carbocycles. The van der Waals surface area contributed by atoms with E-state index >= 15 is 0 Å². The topological polar surface area (TPSA) is 21.7 Å². The molecule has 3 nitrogen and oxygen atoms in total. The van der Waals surface area contributed by atoms with Crippen molar-refractivity contribution in [2.45, 2.75) is 35.8 Å². The lowest BCUT2D eigenvalue weighted by Crippen LogP contribution is -2.64. The first-order chi connectivity index (χ1) is 10.7. The van der Waals surface area contributed by atoms with Crippen molar-refractivity contribution in [2.24, 2.45) is 5.92 Å². The Morgan fingerprint density at radius 2 is 2.23 bits per heavy atom. The van der Waals surface area contributed by atoms with Gasteiger partial charge in [-0.15, -0.1) is 11.6 Å². The summed E-state index contributed by atoms with van der Waals surface area (Å²) in [5.41, 5.74) is 2.85. The van der Waals surface area contributed by atoms with Crippen LogP contribution in [0.15, 0.2) is 24.3 Å². The van der Waals surface area contributed by atoms with Gasteiger partial charge in [-0.25, -0.2) is 0 Å². The first-order valence-corrected chi connectivity index (χ1v) is 8.50. The summed E-state index contributed by atoms with van der Waals surface area (Å²) in [6.45, 7) is 1.11. The average Bonchev–Trinajstić information content (AvgIpc) is 2.88. The Balaban J connectivity index is 1.82. The smallest absolute Gasteiger partial charge is 0.165 e. The van der Waals surface area contributed by atoms with Crippen molar-refractivity contribution in [3.8, 4) is 11.5 Å². The number of hydrogen-bond donors (Lipinski definition) is 0. The molecule has 2 aliphatic heterocycles. The molecule has 116 valence electrons. The Morgan fingerprint density at radius 1 is 1.36 bits per heavy atom. The fraction of sp³-hybridized carbons (Fsp3) is 0.556.